The Kier molecular flexibility index (Phi) is 4.27. The molecule has 0 saturated carbocycles. The Morgan fingerprint density at radius 2 is 1.95 bits per heavy atom. The average molecular weight is 322 g/mol. The van der Waals surface area contributed by atoms with E-state index in [2.05, 4.69) is 4.98 Å². The minimum atomic E-state index is -3.82. The topological polar surface area (TPSA) is 90.5 Å². The van der Waals surface area contributed by atoms with E-state index >= 15 is 0 Å². The Hall–Kier alpha value is -2.28. The van der Waals surface area contributed by atoms with Crippen molar-refractivity contribution in [2.45, 2.75) is 25.7 Å². The average Bonchev–Trinajstić information content (AvgIpc) is 2.94. The van der Waals surface area contributed by atoms with Crippen LogP contribution in [-0.4, -0.2) is 31.0 Å². The van der Waals surface area contributed by atoms with Crippen LogP contribution < -0.4 is 4.31 Å². The molecule has 0 aliphatic rings. The Labute approximate surface area is 129 Å². The number of benzene rings is 1. The highest BCUT2D eigenvalue weighted by Crippen LogP contribution is 2.27. The molecule has 0 aliphatic heterocycles. The molecule has 0 atom stereocenters. The van der Waals surface area contributed by atoms with Crippen molar-refractivity contribution in [3.05, 3.63) is 47.3 Å². The highest BCUT2D eigenvalue weighted by Gasteiger charge is 2.26. The fourth-order valence-electron chi connectivity index (χ4n) is 2.23. The van der Waals surface area contributed by atoms with Gasteiger partial charge in [0.25, 0.3) is 10.0 Å². The second-order valence-electron chi connectivity index (χ2n) is 5.01. The SMILES string of the molecule is CCN(c1cc(C)ccc1C)S(=O)(=O)c1c[nH]c(C(=O)O)c1. The summed E-state index contributed by atoms with van der Waals surface area (Å²) in [6.07, 6.45) is 1.20. The monoisotopic (exact) mass is 322 g/mol. The minimum absolute atomic E-state index is 0.0624. The molecule has 0 fully saturated rings. The lowest BCUT2D eigenvalue weighted by Crippen LogP contribution is -2.31. The van der Waals surface area contributed by atoms with Crippen LogP contribution in [0.5, 0.6) is 0 Å². The number of aromatic carboxylic acids is 1. The van der Waals surface area contributed by atoms with Crippen molar-refractivity contribution >= 4 is 21.7 Å². The van der Waals surface area contributed by atoms with E-state index in [1.165, 1.54) is 10.5 Å². The Morgan fingerprint density at radius 1 is 1.27 bits per heavy atom. The van der Waals surface area contributed by atoms with Crippen LogP contribution in [0.1, 0.15) is 28.5 Å². The number of carboxylic acid groups (broad SMARTS) is 1. The lowest BCUT2D eigenvalue weighted by atomic mass is 10.1. The van der Waals surface area contributed by atoms with Crippen molar-refractivity contribution in [2.24, 2.45) is 0 Å². The number of aromatic amines is 1. The molecule has 22 heavy (non-hydrogen) atoms. The van der Waals surface area contributed by atoms with Crippen LogP contribution in [0, 0.1) is 13.8 Å². The highest BCUT2D eigenvalue weighted by atomic mass is 32.2. The van der Waals surface area contributed by atoms with Crippen LogP contribution >= 0.6 is 0 Å². The molecule has 2 N–H and O–H groups in total. The molecule has 118 valence electrons. The third-order valence-corrected chi connectivity index (χ3v) is 5.26. The van der Waals surface area contributed by atoms with Gasteiger partial charge in [0.05, 0.1) is 5.69 Å². The summed E-state index contributed by atoms with van der Waals surface area (Å²) < 4.78 is 26.8. The van der Waals surface area contributed by atoms with E-state index in [9.17, 15) is 13.2 Å². The summed E-state index contributed by atoms with van der Waals surface area (Å²) in [5.74, 6) is -1.20. The Balaban J connectivity index is 2.53. The van der Waals surface area contributed by atoms with Gasteiger partial charge in [-0.05, 0) is 44.0 Å². The van der Waals surface area contributed by atoms with Crippen LogP contribution in [0.15, 0.2) is 35.4 Å². The zero-order chi connectivity index (χ0) is 16.5. The van der Waals surface area contributed by atoms with Gasteiger partial charge in [-0.1, -0.05) is 12.1 Å². The summed E-state index contributed by atoms with van der Waals surface area (Å²) in [6, 6.07) is 6.72. The zero-order valence-electron chi connectivity index (χ0n) is 12.6. The normalized spacial score (nSPS) is 11.4. The predicted octanol–water partition coefficient (Wildman–Crippen LogP) is 2.54. The number of nitrogens with one attached hydrogen (secondary N) is 1. The van der Waals surface area contributed by atoms with Gasteiger partial charge in [0, 0.05) is 12.7 Å². The van der Waals surface area contributed by atoms with Crippen molar-refractivity contribution < 1.29 is 18.3 Å². The number of carbonyl (C=O) groups is 1. The standard InChI is InChI=1S/C15H18N2O4S/c1-4-17(14-7-10(2)5-6-11(14)3)22(20,21)12-8-13(15(18)19)16-9-12/h5-9,16H,4H2,1-3H3,(H,18,19). The van der Waals surface area contributed by atoms with E-state index < -0.39 is 16.0 Å². The van der Waals surface area contributed by atoms with Gasteiger partial charge in [-0.3, -0.25) is 4.31 Å². The zero-order valence-corrected chi connectivity index (χ0v) is 13.4. The van der Waals surface area contributed by atoms with Gasteiger partial charge in [-0.25, -0.2) is 13.2 Å². The molecule has 2 rings (SSSR count). The number of aromatic nitrogens is 1. The first kappa shape index (κ1) is 16.1. The van der Waals surface area contributed by atoms with Crippen LogP contribution in [0.4, 0.5) is 5.69 Å². The van der Waals surface area contributed by atoms with Crippen LogP contribution in [0.25, 0.3) is 0 Å². The lowest BCUT2D eigenvalue weighted by molar-refractivity contribution is 0.0691. The van der Waals surface area contributed by atoms with E-state index in [4.69, 9.17) is 5.11 Å². The first-order chi connectivity index (χ1) is 10.3. The first-order valence-corrected chi connectivity index (χ1v) is 8.23. The number of aryl methyl sites for hydroxylation is 2. The lowest BCUT2D eigenvalue weighted by Gasteiger charge is -2.24. The molecule has 1 aromatic carbocycles. The van der Waals surface area contributed by atoms with Crippen LogP contribution in [0.3, 0.4) is 0 Å². The van der Waals surface area contributed by atoms with Gasteiger partial charge in [0.15, 0.2) is 0 Å². The maximum Gasteiger partial charge on any atom is 0.352 e. The molecule has 6 nitrogen and oxygen atoms in total. The Bertz CT molecular complexity index is 809. The van der Waals surface area contributed by atoms with Crippen molar-refractivity contribution in [1.29, 1.82) is 0 Å². The van der Waals surface area contributed by atoms with Crippen LogP contribution in [-0.2, 0) is 10.0 Å². The number of hydrogen-bond donors (Lipinski definition) is 2. The largest absolute Gasteiger partial charge is 0.477 e. The number of rotatable bonds is 5. The number of H-pyrrole nitrogens is 1. The molecule has 0 radical (unpaired) electrons. The van der Waals surface area contributed by atoms with E-state index in [0.29, 0.717) is 5.69 Å². The van der Waals surface area contributed by atoms with Gasteiger partial charge in [-0.15, -0.1) is 0 Å². The molecule has 0 unspecified atom stereocenters. The molecule has 0 spiro atoms. The molecular weight excluding hydrogens is 304 g/mol. The summed E-state index contributed by atoms with van der Waals surface area (Å²) in [5.41, 5.74) is 2.23. The maximum absolute atomic E-state index is 12.8. The molecule has 2 aromatic rings. The van der Waals surface area contributed by atoms with Gasteiger partial charge in [0.2, 0.25) is 0 Å². The van der Waals surface area contributed by atoms with Crippen molar-refractivity contribution in [3.63, 3.8) is 0 Å². The molecular formula is C15H18N2O4S. The highest BCUT2D eigenvalue weighted by molar-refractivity contribution is 7.92. The quantitative estimate of drug-likeness (QED) is 0.885. The first-order valence-electron chi connectivity index (χ1n) is 6.79. The summed E-state index contributed by atoms with van der Waals surface area (Å²) >= 11 is 0. The second-order valence-corrected chi connectivity index (χ2v) is 6.88. The van der Waals surface area contributed by atoms with E-state index in [1.54, 1.807) is 13.0 Å². The number of carboxylic acids is 1. The molecule has 1 aromatic heterocycles. The molecule has 0 aliphatic carbocycles. The summed E-state index contributed by atoms with van der Waals surface area (Å²) in [5, 5.41) is 8.92. The van der Waals surface area contributed by atoms with Crippen molar-refractivity contribution in [2.75, 3.05) is 10.8 Å². The third-order valence-electron chi connectivity index (χ3n) is 3.40. The molecule has 0 bridgehead atoms. The minimum Gasteiger partial charge on any atom is -0.477 e. The second kappa shape index (κ2) is 5.84. The van der Waals surface area contributed by atoms with E-state index in [-0.39, 0.29) is 17.1 Å². The van der Waals surface area contributed by atoms with Crippen LogP contribution in [0.2, 0.25) is 0 Å². The fourth-order valence-corrected chi connectivity index (χ4v) is 3.76. The van der Waals surface area contributed by atoms with Gasteiger partial charge in [0.1, 0.15) is 10.6 Å². The molecule has 0 saturated heterocycles. The van der Waals surface area contributed by atoms with Crippen molar-refractivity contribution in [3.8, 4) is 0 Å². The van der Waals surface area contributed by atoms with Gasteiger partial charge < -0.3 is 10.1 Å². The van der Waals surface area contributed by atoms with Gasteiger partial charge >= 0.3 is 5.97 Å². The summed E-state index contributed by atoms with van der Waals surface area (Å²) in [7, 11) is -3.82. The summed E-state index contributed by atoms with van der Waals surface area (Å²) in [4.78, 5) is 13.3. The predicted molar refractivity (Wildman–Crippen MR) is 83.9 cm³/mol. The van der Waals surface area contributed by atoms with E-state index in [1.807, 2.05) is 26.0 Å². The number of hydrogen-bond acceptors (Lipinski definition) is 3. The molecule has 7 heteroatoms. The third kappa shape index (κ3) is 2.85. The van der Waals surface area contributed by atoms with Crippen molar-refractivity contribution in [1.82, 2.24) is 4.98 Å². The smallest absolute Gasteiger partial charge is 0.352 e. The fraction of sp³-hybridized carbons (Fsp3) is 0.267. The molecule has 0 amide bonds. The number of nitrogens with zero attached hydrogens (tertiary/aromatic N) is 1. The number of sulfonamides is 1. The van der Waals surface area contributed by atoms with E-state index in [0.717, 1.165) is 17.2 Å². The Morgan fingerprint density at radius 3 is 2.50 bits per heavy atom. The maximum atomic E-state index is 12.8. The number of anilines is 1. The summed E-state index contributed by atoms with van der Waals surface area (Å²) in [6.45, 7) is 5.72. The molecule has 1 heterocycles. The van der Waals surface area contributed by atoms with Gasteiger partial charge in [-0.2, -0.15) is 0 Å².